The number of esters is 1. The zero-order valence-corrected chi connectivity index (χ0v) is 16.0. The first kappa shape index (κ1) is 20.2. The van der Waals surface area contributed by atoms with Crippen LogP contribution in [0.5, 0.6) is 0 Å². The number of carbonyl (C=O) groups is 3. The maximum absolute atomic E-state index is 12.9. The Hall–Kier alpha value is -2.15. The Kier molecular flexibility index (Phi) is 6.97. The van der Waals surface area contributed by atoms with Crippen LogP contribution in [0.25, 0.3) is 0 Å². The normalized spacial score (nSPS) is 14.0. The minimum atomic E-state index is -0.478. The Labute approximate surface area is 154 Å². The molecule has 2 rings (SSSR count). The molecular formula is C19H28N2O5. The number of hydrogen-bond donors (Lipinski definition) is 1. The average molecular weight is 364 g/mol. The number of hydrogen-bond acceptors (Lipinski definition) is 5. The van der Waals surface area contributed by atoms with Gasteiger partial charge in [-0.25, -0.2) is 4.79 Å². The highest BCUT2D eigenvalue weighted by atomic mass is 16.5. The SMILES string of the molecule is CCOC(=O)c1[nH]c(C)c(C(=O)CN(CCOC)C(=O)C2CCC2)c1C. The van der Waals surface area contributed by atoms with E-state index < -0.39 is 5.97 Å². The number of methoxy groups -OCH3 is 1. The summed E-state index contributed by atoms with van der Waals surface area (Å²) in [7, 11) is 1.57. The number of carbonyl (C=O) groups excluding carboxylic acids is 3. The molecule has 1 N–H and O–H groups in total. The molecule has 1 saturated carbocycles. The molecule has 144 valence electrons. The molecule has 1 aliphatic carbocycles. The minimum absolute atomic E-state index is 0.0121. The largest absolute Gasteiger partial charge is 0.461 e. The number of amides is 1. The van der Waals surface area contributed by atoms with E-state index in [1.807, 2.05) is 0 Å². The summed E-state index contributed by atoms with van der Waals surface area (Å²) in [5.41, 5.74) is 1.92. The van der Waals surface area contributed by atoms with Crippen LogP contribution in [0.15, 0.2) is 0 Å². The molecule has 0 aliphatic heterocycles. The van der Waals surface area contributed by atoms with Crippen LogP contribution in [-0.4, -0.2) is 61.0 Å². The van der Waals surface area contributed by atoms with Crippen LogP contribution >= 0.6 is 0 Å². The van der Waals surface area contributed by atoms with Gasteiger partial charge < -0.3 is 19.4 Å². The number of ketones is 1. The molecule has 26 heavy (non-hydrogen) atoms. The molecule has 0 aromatic carbocycles. The number of rotatable bonds is 9. The van der Waals surface area contributed by atoms with Gasteiger partial charge in [0.1, 0.15) is 5.69 Å². The summed E-state index contributed by atoms with van der Waals surface area (Å²) in [6.07, 6.45) is 2.82. The maximum Gasteiger partial charge on any atom is 0.355 e. The lowest BCUT2D eigenvalue weighted by Crippen LogP contribution is -2.43. The Morgan fingerprint density at radius 1 is 1.23 bits per heavy atom. The van der Waals surface area contributed by atoms with Crippen molar-refractivity contribution in [3.05, 3.63) is 22.5 Å². The van der Waals surface area contributed by atoms with Crippen molar-refractivity contribution in [2.75, 3.05) is 33.4 Å². The fraction of sp³-hybridized carbons (Fsp3) is 0.632. The molecule has 0 bridgehead atoms. The zero-order valence-electron chi connectivity index (χ0n) is 16.0. The number of aryl methyl sites for hydroxylation is 1. The highest BCUT2D eigenvalue weighted by molar-refractivity contribution is 6.04. The van der Waals surface area contributed by atoms with Crippen molar-refractivity contribution in [3.8, 4) is 0 Å². The van der Waals surface area contributed by atoms with E-state index in [2.05, 4.69) is 4.98 Å². The molecule has 1 heterocycles. The molecule has 0 atom stereocenters. The summed E-state index contributed by atoms with van der Waals surface area (Å²) in [6, 6.07) is 0. The van der Waals surface area contributed by atoms with Gasteiger partial charge >= 0.3 is 5.97 Å². The first-order valence-electron chi connectivity index (χ1n) is 9.07. The summed E-state index contributed by atoms with van der Waals surface area (Å²) < 4.78 is 10.1. The lowest BCUT2D eigenvalue weighted by molar-refractivity contribution is -0.138. The molecule has 1 aromatic heterocycles. The second-order valence-electron chi connectivity index (χ2n) is 6.65. The number of nitrogens with zero attached hydrogens (tertiary/aromatic N) is 1. The second-order valence-corrected chi connectivity index (χ2v) is 6.65. The lowest BCUT2D eigenvalue weighted by atomic mass is 9.84. The molecule has 7 heteroatoms. The van der Waals surface area contributed by atoms with Crippen molar-refractivity contribution in [3.63, 3.8) is 0 Å². The molecule has 7 nitrogen and oxygen atoms in total. The van der Waals surface area contributed by atoms with E-state index in [1.54, 1.807) is 32.8 Å². The third-order valence-corrected chi connectivity index (χ3v) is 4.86. The molecule has 0 spiro atoms. The molecule has 1 aliphatic rings. The number of Topliss-reactive ketones (excluding diaryl/α,β-unsaturated/α-hetero) is 1. The fourth-order valence-electron chi connectivity index (χ4n) is 3.21. The molecule has 1 fully saturated rings. The molecular weight excluding hydrogens is 336 g/mol. The van der Waals surface area contributed by atoms with Gasteiger partial charge in [-0.2, -0.15) is 0 Å². The van der Waals surface area contributed by atoms with Gasteiger partial charge in [-0.1, -0.05) is 6.42 Å². The summed E-state index contributed by atoms with van der Waals surface area (Å²) in [6.45, 7) is 6.21. The lowest BCUT2D eigenvalue weighted by Gasteiger charge is -2.31. The van der Waals surface area contributed by atoms with Gasteiger partial charge in [-0.15, -0.1) is 0 Å². The van der Waals surface area contributed by atoms with E-state index in [4.69, 9.17) is 9.47 Å². The highest BCUT2D eigenvalue weighted by Gasteiger charge is 2.31. The third kappa shape index (κ3) is 4.33. The number of ether oxygens (including phenoxy) is 2. The van der Waals surface area contributed by atoms with E-state index in [0.29, 0.717) is 35.7 Å². The van der Waals surface area contributed by atoms with E-state index in [0.717, 1.165) is 19.3 Å². The molecule has 0 saturated heterocycles. The van der Waals surface area contributed by atoms with Crippen LogP contribution in [0.4, 0.5) is 0 Å². The second kappa shape index (κ2) is 8.98. The van der Waals surface area contributed by atoms with Gasteiger partial charge in [0.15, 0.2) is 5.78 Å². The van der Waals surface area contributed by atoms with Gasteiger partial charge in [0, 0.05) is 30.8 Å². The zero-order chi connectivity index (χ0) is 19.3. The summed E-state index contributed by atoms with van der Waals surface area (Å²) in [5, 5.41) is 0. The first-order chi connectivity index (χ1) is 12.4. The standard InChI is InChI=1S/C19H28N2O5/c1-5-26-19(24)17-12(2)16(13(3)20-17)15(22)11-21(9-10-25-4)18(23)14-7-6-8-14/h14,20H,5-11H2,1-4H3. The smallest absolute Gasteiger partial charge is 0.355 e. The van der Waals surface area contributed by atoms with Gasteiger partial charge in [0.25, 0.3) is 0 Å². The summed E-state index contributed by atoms with van der Waals surface area (Å²) >= 11 is 0. The Morgan fingerprint density at radius 3 is 2.46 bits per heavy atom. The maximum atomic E-state index is 12.9. The van der Waals surface area contributed by atoms with E-state index >= 15 is 0 Å². The fourth-order valence-corrected chi connectivity index (χ4v) is 3.21. The van der Waals surface area contributed by atoms with Crippen molar-refractivity contribution >= 4 is 17.7 Å². The summed E-state index contributed by atoms with van der Waals surface area (Å²) in [5.74, 6) is -0.634. The Balaban J connectivity index is 2.17. The number of nitrogens with one attached hydrogen (secondary N) is 1. The molecule has 1 aromatic rings. The van der Waals surface area contributed by atoms with Gasteiger partial charge in [-0.3, -0.25) is 9.59 Å². The van der Waals surface area contributed by atoms with Crippen molar-refractivity contribution in [2.24, 2.45) is 5.92 Å². The summed E-state index contributed by atoms with van der Waals surface area (Å²) in [4.78, 5) is 42.0. The van der Waals surface area contributed by atoms with Crippen molar-refractivity contribution < 1.29 is 23.9 Å². The van der Waals surface area contributed by atoms with Crippen molar-refractivity contribution in [1.29, 1.82) is 0 Å². The van der Waals surface area contributed by atoms with Crippen molar-refractivity contribution in [1.82, 2.24) is 9.88 Å². The molecule has 1 amide bonds. The van der Waals surface area contributed by atoms with Crippen LogP contribution in [0.1, 0.15) is 58.3 Å². The predicted molar refractivity (Wildman–Crippen MR) is 96.4 cm³/mol. The number of H-pyrrole nitrogens is 1. The number of aromatic amines is 1. The van der Waals surface area contributed by atoms with Crippen LogP contribution in [-0.2, 0) is 14.3 Å². The average Bonchev–Trinajstić information content (AvgIpc) is 2.84. The Bertz CT molecular complexity index is 676. The quantitative estimate of drug-likeness (QED) is 0.536. The Morgan fingerprint density at radius 2 is 1.92 bits per heavy atom. The molecule has 0 unspecified atom stereocenters. The van der Waals surface area contributed by atoms with Crippen LogP contribution < -0.4 is 0 Å². The van der Waals surface area contributed by atoms with Gasteiger partial charge in [0.05, 0.1) is 19.8 Å². The van der Waals surface area contributed by atoms with Crippen LogP contribution in [0.3, 0.4) is 0 Å². The highest BCUT2D eigenvalue weighted by Crippen LogP contribution is 2.28. The third-order valence-electron chi connectivity index (χ3n) is 4.86. The van der Waals surface area contributed by atoms with Crippen LogP contribution in [0, 0.1) is 19.8 Å². The van der Waals surface area contributed by atoms with E-state index in [9.17, 15) is 14.4 Å². The molecule has 0 radical (unpaired) electrons. The van der Waals surface area contributed by atoms with E-state index in [1.165, 1.54) is 0 Å². The first-order valence-corrected chi connectivity index (χ1v) is 9.07. The van der Waals surface area contributed by atoms with E-state index in [-0.39, 0.29) is 30.8 Å². The van der Waals surface area contributed by atoms with Gasteiger partial charge in [-0.05, 0) is 39.2 Å². The number of aromatic nitrogens is 1. The van der Waals surface area contributed by atoms with Crippen molar-refractivity contribution in [2.45, 2.75) is 40.0 Å². The minimum Gasteiger partial charge on any atom is -0.461 e. The van der Waals surface area contributed by atoms with Gasteiger partial charge in [0.2, 0.25) is 5.91 Å². The van der Waals surface area contributed by atoms with Crippen LogP contribution in [0.2, 0.25) is 0 Å². The predicted octanol–water partition coefficient (Wildman–Crippen LogP) is 2.27. The monoisotopic (exact) mass is 364 g/mol. The topological polar surface area (TPSA) is 88.7 Å².